The van der Waals surface area contributed by atoms with E-state index >= 15 is 0 Å². The first-order valence-corrected chi connectivity index (χ1v) is 4.99. The molecule has 0 amide bonds. The Morgan fingerprint density at radius 2 is 1.58 bits per heavy atom. The van der Waals surface area contributed by atoms with E-state index in [4.69, 9.17) is 4.74 Å². The molecule has 0 aromatic heterocycles. The molecular formula is C10H16O2. The molecule has 0 aromatic rings. The zero-order valence-corrected chi connectivity index (χ0v) is 7.42. The molecule has 0 atom stereocenters. The fourth-order valence-corrected chi connectivity index (χ4v) is 2.01. The molecule has 1 aliphatic carbocycles. The van der Waals surface area contributed by atoms with E-state index in [0.29, 0.717) is 17.6 Å². The van der Waals surface area contributed by atoms with Gasteiger partial charge in [-0.15, -0.1) is 0 Å². The maximum absolute atomic E-state index is 11.7. The van der Waals surface area contributed by atoms with Crippen LogP contribution in [0.4, 0.5) is 0 Å². The lowest BCUT2D eigenvalue weighted by Crippen LogP contribution is -2.32. The highest BCUT2D eigenvalue weighted by atomic mass is 16.5. The summed E-state index contributed by atoms with van der Waals surface area (Å²) in [5.41, 5.74) is 0. The Morgan fingerprint density at radius 1 is 1.00 bits per heavy atom. The molecule has 0 unspecified atom stereocenters. The van der Waals surface area contributed by atoms with Crippen LogP contribution in [0.15, 0.2) is 0 Å². The van der Waals surface area contributed by atoms with E-state index in [2.05, 4.69) is 0 Å². The van der Waals surface area contributed by atoms with E-state index in [-0.39, 0.29) is 0 Å². The van der Waals surface area contributed by atoms with Crippen LogP contribution in [0.25, 0.3) is 0 Å². The maximum atomic E-state index is 11.7. The molecule has 0 spiro atoms. The fraction of sp³-hybridized carbons (Fsp3) is 0.900. The number of rotatable bonds is 2. The van der Waals surface area contributed by atoms with Gasteiger partial charge in [0.05, 0.1) is 0 Å². The molecule has 2 nitrogen and oxygen atoms in total. The van der Waals surface area contributed by atoms with E-state index in [1.807, 2.05) is 0 Å². The molecule has 0 aromatic carbocycles. The number of ether oxygens (including phenoxy) is 1. The molecule has 1 saturated carbocycles. The standard InChI is InChI=1S/C10H16O2/c11-10(8-2-1-3-8)9-4-6-12-7-5-9/h8-9H,1-7H2. The first kappa shape index (κ1) is 8.24. The fourth-order valence-electron chi connectivity index (χ4n) is 2.01. The molecule has 2 fully saturated rings. The molecule has 12 heavy (non-hydrogen) atoms. The summed E-state index contributed by atoms with van der Waals surface area (Å²) in [4.78, 5) is 11.7. The van der Waals surface area contributed by atoms with Gasteiger partial charge in [-0.2, -0.15) is 0 Å². The molecule has 0 bridgehead atoms. The molecule has 2 rings (SSSR count). The molecule has 1 saturated heterocycles. The highest BCUT2D eigenvalue weighted by Crippen LogP contribution is 2.32. The molecule has 2 aliphatic rings. The van der Waals surface area contributed by atoms with E-state index in [1.165, 1.54) is 6.42 Å². The third kappa shape index (κ3) is 1.53. The Kier molecular flexibility index (Phi) is 2.45. The van der Waals surface area contributed by atoms with Gasteiger partial charge in [0.25, 0.3) is 0 Å². The molecule has 0 radical (unpaired) electrons. The van der Waals surface area contributed by atoms with Crippen molar-refractivity contribution in [1.29, 1.82) is 0 Å². The second kappa shape index (κ2) is 3.56. The van der Waals surface area contributed by atoms with E-state index in [9.17, 15) is 4.79 Å². The highest BCUT2D eigenvalue weighted by Gasteiger charge is 2.31. The summed E-state index contributed by atoms with van der Waals surface area (Å²) in [5, 5.41) is 0. The molecule has 68 valence electrons. The van der Waals surface area contributed by atoms with Crippen LogP contribution >= 0.6 is 0 Å². The van der Waals surface area contributed by atoms with Crippen molar-refractivity contribution in [2.75, 3.05) is 13.2 Å². The minimum Gasteiger partial charge on any atom is -0.381 e. The van der Waals surface area contributed by atoms with Crippen LogP contribution in [0.5, 0.6) is 0 Å². The average molecular weight is 168 g/mol. The van der Waals surface area contributed by atoms with Crippen molar-refractivity contribution in [2.24, 2.45) is 11.8 Å². The zero-order valence-electron chi connectivity index (χ0n) is 7.42. The second-order valence-electron chi connectivity index (χ2n) is 3.92. The van der Waals surface area contributed by atoms with E-state index in [1.54, 1.807) is 0 Å². The predicted molar refractivity (Wildman–Crippen MR) is 45.9 cm³/mol. The lowest BCUT2D eigenvalue weighted by Gasteiger charge is -2.30. The van der Waals surface area contributed by atoms with Crippen LogP contribution in [-0.2, 0) is 9.53 Å². The SMILES string of the molecule is O=C(C1CCC1)C1CCOCC1. The quantitative estimate of drug-likeness (QED) is 0.628. The largest absolute Gasteiger partial charge is 0.381 e. The van der Waals surface area contributed by atoms with Crippen LogP contribution in [0, 0.1) is 11.8 Å². The van der Waals surface area contributed by atoms with E-state index < -0.39 is 0 Å². The number of hydrogen-bond donors (Lipinski definition) is 0. The topological polar surface area (TPSA) is 26.3 Å². The van der Waals surface area contributed by atoms with Gasteiger partial charge in [-0.25, -0.2) is 0 Å². The minimum atomic E-state index is 0.337. The van der Waals surface area contributed by atoms with Gasteiger partial charge in [-0.05, 0) is 25.7 Å². The van der Waals surface area contributed by atoms with Crippen LogP contribution < -0.4 is 0 Å². The monoisotopic (exact) mass is 168 g/mol. The molecule has 2 heteroatoms. The number of ketones is 1. The Hall–Kier alpha value is -0.370. The molecular weight excluding hydrogens is 152 g/mol. The summed E-state index contributed by atoms with van der Waals surface area (Å²) in [7, 11) is 0. The van der Waals surface area contributed by atoms with Gasteiger partial charge in [-0.1, -0.05) is 6.42 Å². The summed E-state index contributed by atoms with van der Waals surface area (Å²) in [5.74, 6) is 1.29. The van der Waals surface area contributed by atoms with Crippen molar-refractivity contribution in [3.8, 4) is 0 Å². The first-order valence-electron chi connectivity index (χ1n) is 4.99. The van der Waals surface area contributed by atoms with Gasteiger partial charge in [0, 0.05) is 25.0 Å². The van der Waals surface area contributed by atoms with Crippen molar-refractivity contribution < 1.29 is 9.53 Å². The first-order chi connectivity index (χ1) is 5.88. The number of hydrogen-bond acceptors (Lipinski definition) is 2. The zero-order chi connectivity index (χ0) is 8.39. The van der Waals surface area contributed by atoms with Gasteiger partial charge < -0.3 is 4.74 Å². The van der Waals surface area contributed by atoms with Crippen molar-refractivity contribution >= 4 is 5.78 Å². The third-order valence-electron chi connectivity index (χ3n) is 3.13. The minimum absolute atomic E-state index is 0.337. The van der Waals surface area contributed by atoms with E-state index in [0.717, 1.165) is 38.9 Å². The van der Waals surface area contributed by atoms with Crippen LogP contribution in [0.3, 0.4) is 0 Å². The summed E-state index contributed by atoms with van der Waals surface area (Å²) >= 11 is 0. The van der Waals surface area contributed by atoms with Gasteiger partial charge in [0.2, 0.25) is 0 Å². The maximum Gasteiger partial charge on any atom is 0.139 e. The Balaban J connectivity index is 1.84. The summed E-state index contributed by atoms with van der Waals surface area (Å²) in [6.45, 7) is 1.59. The average Bonchev–Trinajstić information content (AvgIpc) is 2.03. The Morgan fingerprint density at radius 3 is 2.08 bits per heavy atom. The van der Waals surface area contributed by atoms with Crippen molar-refractivity contribution in [3.63, 3.8) is 0 Å². The second-order valence-corrected chi connectivity index (χ2v) is 3.92. The van der Waals surface area contributed by atoms with Crippen LogP contribution in [-0.4, -0.2) is 19.0 Å². The number of carbonyl (C=O) groups is 1. The van der Waals surface area contributed by atoms with Crippen LogP contribution in [0.1, 0.15) is 32.1 Å². The lowest BCUT2D eigenvalue weighted by molar-refractivity contribution is -0.132. The van der Waals surface area contributed by atoms with Crippen molar-refractivity contribution in [1.82, 2.24) is 0 Å². The van der Waals surface area contributed by atoms with Crippen molar-refractivity contribution in [3.05, 3.63) is 0 Å². The Labute approximate surface area is 73.3 Å². The summed E-state index contributed by atoms with van der Waals surface area (Å²) in [6, 6.07) is 0. The molecule has 1 heterocycles. The highest BCUT2D eigenvalue weighted by molar-refractivity contribution is 5.84. The third-order valence-corrected chi connectivity index (χ3v) is 3.13. The number of carbonyl (C=O) groups excluding carboxylic acids is 1. The number of Topliss-reactive ketones (excluding diaryl/α,β-unsaturated/α-hetero) is 1. The Bertz CT molecular complexity index is 167. The van der Waals surface area contributed by atoms with Gasteiger partial charge in [0.15, 0.2) is 0 Å². The molecule has 1 aliphatic heterocycles. The lowest BCUT2D eigenvalue weighted by atomic mass is 9.76. The van der Waals surface area contributed by atoms with Crippen molar-refractivity contribution in [2.45, 2.75) is 32.1 Å². The smallest absolute Gasteiger partial charge is 0.139 e. The van der Waals surface area contributed by atoms with Gasteiger partial charge in [-0.3, -0.25) is 4.79 Å². The summed E-state index contributed by atoms with van der Waals surface area (Å²) in [6.07, 6.45) is 5.50. The molecule has 0 N–H and O–H groups in total. The van der Waals surface area contributed by atoms with Gasteiger partial charge in [0.1, 0.15) is 5.78 Å². The van der Waals surface area contributed by atoms with Gasteiger partial charge >= 0.3 is 0 Å². The predicted octanol–water partition coefficient (Wildman–Crippen LogP) is 1.78. The summed E-state index contributed by atoms with van der Waals surface area (Å²) < 4.78 is 5.23. The normalized spacial score (nSPS) is 26.7. The van der Waals surface area contributed by atoms with Crippen LogP contribution in [0.2, 0.25) is 0 Å².